The fraction of sp³-hybridized carbons (Fsp3) is 0.400. The fourth-order valence-electron chi connectivity index (χ4n) is 0.155. The average Bonchev–Trinajstić information content (AvgIpc) is 1.72. The molecule has 0 aromatic heterocycles. The summed E-state index contributed by atoms with van der Waals surface area (Å²) in [5, 5.41) is 0.681. The molecule has 0 aromatic rings. The second kappa shape index (κ2) is 4.06. The van der Waals surface area contributed by atoms with Gasteiger partial charge in [-0.25, -0.2) is 0 Å². The van der Waals surface area contributed by atoms with Crippen molar-refractivity contribution in [3.63, 3.8) is 0 Å². The van der Waals surface area contributed by atoms with Gasteiger partial charge in [0, 0.05) is 11.2 Å². The Kier molecular flexibility index (Phi) is 4.00. The third-order valence-electron chi connectivity index (χ3n) is 0.656. The molecule has 0 aliphatic carbocycles. The number of hydrogen-bond donors (Lipinski definition) is 0. The van der Waals surface area contributed by atoms with Gasteiger partial charge in [0.25, 0.3) is 0 Å². The molecule has 0 bridgehead atoms. The Hall–Kier alpha value is -0.110. The van der Waals surface area contributed by atoms with Crippen molar-refractivity contribution in [1.82, 2.24) is 0 Å². The summed E-state index contributed by atoms with van der Waals surface area (Å²) >= 11 is 3.13. The van der Waals surface area contributed by atoms with E-state index in [2.05, 4.69) is 22.5 Å². The SMILES string of the molecule is C=CC(C=O)CBr. The van der Waals surface area contributed by atoms with Crippen LogP contribution < -0.4 is 0 Å². The van der Waals surface area contributed by atoms with E-state index >= 15 is 0 Å². The Morgan fingerprint density at radius 2 is 2.43 bits per heavy atom. The van der Waals surface area contributed by atoms with Crippen LogP contribution >= 0.6 is 15.9 Å². The number of halogens is 1. The highest BCUT2D eigenvalue weighted by Crippen LogP contribution is 1.96. The highest BCUT2D eigenvalue weighted by molar-refractivity contribution is 9.09. The molecule has 1 unspecified atom stereocenters. The van der Waals surface area contributed by atoms with E-state index in [1.807, 2.05) is 0 Å². The molecule has 0 radical (unpaired) electrons. The minimum Gasteiger partial charge on any atom is -0.303 e. The predicted octanol–water partition coefficient (Wildman–Crippen LogP) is 1.38. The van der Waals surface area contributed by atoms with Crippen LogP contribution in [-0.2, 0) is 4.79 Å². The van der Waals surface area contributed by atoms with Gasteiger partial charge in [-0.1, -0.05) is 22.0 Å². The standard InChI is InChI=1S/C5H7BrO/c1-2-5(3-6)4-7/h2,4-5H,1,3H2. The molecule has 2 heteroatoms. The fourth-order valence-corrected chi connectivity index (χ4v) is 0.572. The van der Waals surface area contributed by atoms with Gasteiger partial charge in [-0.05, 0) is 0 Å². The number of alkyl halides is 1. The molecule has 1 nitrogen and oxygen atoms in total. The molecular weight excluding hydrogens is 156 g/mol. The van der Waals surface area contributed by atoms with Gasteiger partial charge in [-0.2, -0.15) is 0 Å². The normalized spacial score (nSPS) is 12.7. The van der Waals surface area contributed by atoms with Crippen LogP contribution in [0.1, 0.15) is 0 Å². The summed E-state index contributed by atoms with van der Waals surface area (Å²) in [7, 11) is 0. The van der Waals surface area contributed by atoms with Crippen LogP contribution in [0, 0.1) is 5.92 Å². The van der Waals surface area contributed by atoms with Gasteiger partial charge >= 0.3 is 0 Å². The van der Waals surface area contributed by atoms with Crippen LogP contribution in [0.5, 0.6) is 0 Å². The van der Waals surface area contributed by atoms with Crippen molar-refractivity contribution >= 4 is 22.2 Å². The van der Waals surface area contributed by atoms with E-state index in [9.17, 15) is 4.79 Å². The summed E-state index contributed by atoms with van der Waals surface area (Å²) in [6, 6.07) is 0. The molecule has 0 aliphatic heterocycles. The number of hydrogen-bond acceptors (Lipinski definition) is 1. The summed E-state index contributed by atoms with van der Waals surface area (Å²) in [4.78, 5) is 9.87. The van der Waals surface area contributed by atoms with Crippen molar-refractivity contribution in [3.8, 4) is 0 Å². The van der Waals surface area contributed by atoms with Crippen LogP contribution in [-0.4, -0.2) is 11.6 Å². The lowest BCUT2D eigenvalue weighted by molar-refractivity contribution is -0.109. The lowest BCUT2D eigenvalue weighted by Crippen LogP contribution is -1.96. The van der Waals surface area contributed by atoms with Gasteiger partial charge in [-0.3, -0.25) is 0 Å². The Morgan fingerprint density at radius 3 is 2.43 bits per heavy atom. The van der Waals surface area contributed by atoms with Gasteiger partial charge in [0.15, 0.2) is 0 Å². The predicted molar refractivity (Wildman–Crippen MR) is 33.5 cm³/mol. The Bertz CT molecular complexity index is 62.5. The maximum absolute atomic E-state index is 9.87. The van der Waals surface area contributed by atoms with Gasteiger partial charge in [0.1, 0.15) is 6.29 Å². The highest BCUT2D eigenvalue weighted by Gasteiger charge is 1.94. The molecule has 0 N–H and O–H groups in total. The van der Waals surface area contributed by atoms with Crippen LogP contribution in [0.3, 0.4) is 0 Å². The molecule has 1 atom stereocenters. The first kappa shape index (κ1) is 6.89. The van der Waals surface area contributed by atoms with E-state index in [4.69, 9.17) is 0 Å². The lowest BCUT2D eigenvalue weighted by atomic mass is 10.2. The van der Waals surface area contributed by atoms with Crippen molar-refractivity contribution in [2.45, 2.75) is 0 Å². The summed E-state index contributed by atoms with van der Waals surface area (Å²) < 4.78 is 0. The zero-order chi connectivity index (χ0) is 5.70. The van der Waals surface area contributed by atoms with E-state index in [0.717, 1.165) is 6.29 Å². The summed E-state index contributed by atoms with van der Waals surface area (Å²) in [6.07, 6.45) is 2.48. The van der Waals surface area contributed by atoms with Crippen LogP contribution in [0.25, 0.3) is 0 Å². The van der Waals surface area contributed by atoms with E-state index in [0.29, 0.717) is 5.33 Å². The Labute approximate surface area is 51.5 Å². The summed E-state index contributed by atoms with van der Waals surface area (Å²) in [5.41, 5.74) is 0. The molecule has 0 aliphatic rings. The van der Waals surface area contributed by atoms with Crippen LogP contribution in [0.15, 0.2) is 12.7 Å². The second-order valence-corrected chi connectivity index (χ2v) is 1.84. The quantitative estimate of drug-likeness (QED) is 0.349. The number of aldehydes is 1. The molecule has 0 fully saturated rings. The number of rotatable bonds is 3. The van der Waals surface area contributed by atoms with Crippen molar-refractivity contribution in [2.24, 2.45) is 5.92 Å². The van der Waals surface area contributed by atoms with Gasteiger partial charge in [-0.15, -0.1) is 6.58 Å². The molecule has 7 heavy (non-hydrogen) atoms. The van der Waals surface area contributed by atoms with Gasteiger partial charge in [0.05, 0.1) is 0 Å². The second-order valence-electron chi connectivity index (χ2n) is 1.19. The minimum atomic E-state index is -0.0139. The van der Waals surface area contributed by atoms with E-state index < -0.39 is 0 Å². The monoisotopic (exact) mass is 162 g/mol. The maximum Gasteiger partial charge on any atom is 0.127 e. The average molecular weight is 163 g/mol. The summed E-state index contributed by atoms with van der Waals surface area (Å²) in [6.45, 7) is 3.44. The third kappa shape index (κ3) is 2.57. The number of carbonyl (C=O) groups is 1. The molecule has 0 heterocycles. The molecule has 0 aromatic carbocycles. The highest BCUT2D eigenvalue weighted by atomic mass is 79.9. The van der Waals surface area contributed by atoms with Crippen LogP contribution in [0.4, 0.5) is 0 Å². The first-order chi connectivity index (χ1) is 3.35. The largest absolute Gasteiger partial charge is 0.303 e. The molecular formula is C5H7BrO. The maximum atomic E-state index is 9.87. The molecule has 40 valence electrons. The van der Waals surface area contributed by atoms with Crippen molar-refractivity contribution in [3.05, 3.63) is 12.7 Å². The first-order valence-corrected chi connectivity index (χ1v) is 3.11. The Morgan fingerprint density at radius 1 is 1.86 bits per heavy atom. The molecule has 0 saturated heterocycles. The van der Waals surface area contributed by atoms with E-state index in [-0.39, 0.29) is 5.92 Å². The molecule has 0 rings (SSSR count). The topological polar surface area (TPSA) is 17.1 Å². The molecule has 0 spiro atoms. The number of carbonyl (C=O) groups excluding carboxylic acids is 1. The van der Waals surface area contributed by atoms with Crippen molar-refractivity contribution < 1.29 is 4.79 Å². The van der Waals surface area contributed by atoms with Gasteiger partial charge in [0.2, 0.25) is 0 Å². The third-order valence-corrected chi connectivity index (χ3v) is 1.40. The minimum absolute atomic E-state index is 0.0139. The smallest absolute Gasteiger partial charge is 0.127 e. The first-order valence-electron chi connectivity index (χ1n) is 1.99. The lowest BCUT2D eigenvalue weighted by Gasteiger charge is -1.91. The van der Waals surface area contributed by atoms with E-state index in [1.165, 1.54) is 0 Å². The summed E-state index contributed by atoms with van der Waals surface area (Å²) in [5.74, 6) is -0.0139. The van der Waals surface area contributed by atoms with Crippen molar-refractivity contribution in [1.29, 1.82) is 0 Å². The van der Waals surface area contributed by atoms with E-state index in [1.54, 1.807) is 6.08 Å². The zero-order valence-corrected chi connectivity index (χ0v) is 5.52. The zero-order valence-electron chi connectivity index (χ0n) is 3.93. The molecule has 0 saturated carbocycles. The Balaban J connectivity index is 3.36. The van der Waals surface area contributed by atoms with Gasteiger partial charge < -0.3 is 4.79 Å². The van der Waals surface area contributed by atoms with Crippen LogP contribution in [0.2, 0.25) is 0 Å². The molecule has 0 amide bonds. The number of allylic oxidation sites excluding steroid dienone is 1. The van der Waals surface area contributed by atoms with Crippen molar-refractivity contribution in [2.75, 3.05) is 5.33 Å².